The largest absolute Gasteiger partial charge is 0.479 e. The van der Waals surface area contributed by atoms with Crippen molar-refractivity contribution < 1.29 is 53.8 Å². The minimum atomic E-state index is -1.86. The molecule has 55 heavy (non-hydrogen) atoms. The van der Waals surface area contributed by atoms with Crippen molar-refractivity contribution in [3.63, 3.8) is 0 Å². The SMILES string of the molecule is CCCCCC/C=C\C/C=C\CCCCCCCC(=O)OCC(COC1OC(C(=O)O)C(O)C(O)C1O)OC(=O)CCCCCCCCCCCCCCC. The highest BCUT2D eigenvalue weighted by Crippen LogP contribution is 2.23. The van der Waals surface area contributed by atoms with Gasteiger partial charge in [-0.1, -0.05) is 154 Å². The number of hydrogen-bond acceptors (Lipinski definition) is 10. The lowest BCUT2D eigenvalue weighted by Crippen LogP contribution is -2.60. The maximum atomic E-state index is 12.7. The molecule has 0 aromatic rings. The second kappa shape index (κ2) is 34.9. The van der Waals surface area contributed by atoms with Crippen molar-refractivity contribution in [3.05, 3.63) is 24.3 Å². The fraction of sp³-hybridized carbons (Fsp3) is 0.841. The summed E-state index contributed by atoms with van der Waals surface area (Å²) in [7, 11) is 0. The van der Waals surface area contributed by atoms with Crippen LogP contribution in [0, 0.1) is 0 Å². The maximum absolute atomic E-state index is 12.7. The van der Waals surface area contributed by atoms with E-state index in [1.807, 2.05) is 0 Å². The van der Waals surface area contributed by atoms with Gasteiger partial charge >= 0.3 is 17.9 Å². The van der Waals surface area contributed by atoms with Gasteiger partial charge in [0, 0.05) is 12.8 Å². The number of hydrogen-bond donors (Lipinski definition) is 4. The molecule has 320 valence electrons. The van der Waals surface area contributed by atoms with E-state index in [1.54, 1.807) is 0 Å². The molecule has 4 N–H and O–H groups in total. The van der Waals surface area contributed by atoms with E-state index >= 15 is 0 Å². The first-order chi connectivity index (χ1) is 26.7. The molecule has 1 rings (SSSR count). The number of aliphatic hydroxyl groups excluding tert-OH is 3. The van der Waals surface area contributed by atoms with Crippen LogP contribution in [0.4, 0.5) is 0 Å². The number of carbonyl (C=O) groups is 3. The fourth-order valence-corrected chi connectivity index (χ4v) is 6.56. The van der Waals surface area contributed by atoms with Crippen molar-refractivity contribution in [1.29, 1.82) is 0 Å². The summed E-state index contributed by atoms with van der Waals surface area (Å²) in [5, 5.41) is 39.7. The third kappa shape index (κ3) is 27.0. The molecule has 0 radical (unpaired) electrons. The molecule has 1 aliphatic rings. The van der Waals surface area contributed by atoms with Crippen LogP contribution in [0.25, 0.3) is 0 Å². The highest BCUT2D eigenvalue weighted by Gasteiger charge is 2.47. The van der Waals surface area contributed by atoms with E-state index in [2.05, 4.69) is 38.2 Å². The van der Waals surface area contributed by atoms with Gasteiger partial charge in [-0.15, -0.1) is 0 Å². The first-order valence-electron chi connectivity index (χ1n) is 21.9. The molecular formula is C44H78O11. The van der Waals surface area contributed by atoms with E-state index in [1.165, 1.54) is 89.9 Å². The number of carboxylic acid groups (broad SMARTS) is 1. The highest BCUT2D eigenvalue weighted by atomic mass is 16.7. The zero-order valence-corrected chi connectivity index (χ0v) is 34.4. The van der Waals surface area contributed by atoms with Crippen molar-refractivity contribution in [2.75, 3.05) is 13.2 Å². The Morgan fingerprint density at radius 2 is 1.02 bits per heavy atom. The molecule has 0 amide bonds. The Kier molecular flexibility index (Phi) is 32.2. The van der Waals surface area contributed by atoms with Gasteiger partial charge in [-0.2, -0.15) is 0 Å². The van der Waals surface area contributed by atoms with Crippen LogP contribution >= 0.6 is 0 Å². The van der Waals surface area contributed by atoms with Crippen molar-refractivity contribution in [1.82, 2.24) is 0 Å². The summed E-state index contributed by atoms with van der Waals surface area (Å²) in [4.78, 5) is 36.7. The first kappa shape index (κ1) is 50.7. The second-order valence-electron chi connectivity index (χ2n) is 15.2. The molecule has 1 aliphatic heterocycles. The van der Waals surface area contributed by atoms with Crippen LogP contribution in [0.5, 0.6) is 0 Å². The summed E-state index contributed by atoms with van der Waals surface area (Å²) in [5.41, 5.74) is 0. The van der Waals surface area contributed by atoms with Gasteiger partial charge in [-0.25, -0.2) is 4.79 Å². The topological polar surface area (TPSA) is 169 Å². The molecule has 0 spiro atoms. The smallest absolute Gasteiger partial charge is 0.335 e. The molecule has 6 atom stereocenters. The Hall–Kier alpha value is -2.31. The Morgan fingerprint density at radius 3 is 1.53 bits per heavy atom. The number of aliphatic carboxylic acids is 1. The molecule has 0 bridgehead atoms. The van der Waals surface area contributed by atoms with Crippen LogP contribution in [0.15, 0.2) is 24.3 Å². The number of allylic oxidation sites excluding steroid dienone is 4. The second-order valence-corrected chi connectivity index (χ2v) is 15.2. The number of aliphatic hydroxyl groups is 3. The lowest BCUT2D eigenvalue weighted by molar-refractivity contribution is -0.298. The third-order valence-electron chi connectivity index (χ3n) is 10.1. The molecular weight excluding hydrogens is 704 g/mol. The predicted molar refractivity (Wildman–Crippen MR) is 215 cm³/mol. The van der Waals surface area contributed by atoms with Crippen LogP contribution in [0.2, 0.25) is 0 Å². The standard InChI is InChI=1S/C44H78O11/c1-3-5-7-9-11-13-15-17-18-19-21-22-24-26-28-30-32-37(45)52-34-36(35-53-44-41(49)39(47)40(48)42(55-44)43(50)51)54-38(46)33-31-29-27-25-23-20-16-14-12-10-8-6-4-2/h13,15,18-19,36,39-42,44,47-49H,3-12,14,16-17,20-35H2,1-2H3,(H,50,51)/b15-13-,19-18-. The predicted octanol–water partition coefficient (Wildman–Crippen LogP) is 9.04. The van der Waals surface area contributed by atoms with Crippen LogP contribution in [0.3, 0.4) is 0 Å². The summed E-state index contributed by atoms with van der Waals surface area (Å²) < 4.78 is 21.7. The monoisotopic (exact) mass is 783 g/mol. The summed E-state index contributed by atoms with van der Waals surface area (Å²) in [6.45, 7) is 3.78. The van der Waals surface area contributed by atoms with Crippen molar-refractivity contribution in [2.24, 2.45) is 0 Å². The van der Waals surface area contributed by atoms with Crippen LogP contribution in [-0.4, -0.2) is 88.4 Å². The lowest BCUT2D eigenvalue weighted by Gasteiger charge is -2.38. The van der Waals surface area contributed by atoms with Crippen molar-refractivity contribution >= 4 is 17.9 Å². The van der Waals surface area contributed by atoms with E-state index in [0.29, 0.717) is 12.8 Å². The molecule has 0 saturated carbocycles. The van der Waals surface area contributed by atoms with Gasteiger partial charge in [0.05, 0.1) is 6.61 Å². The van der Waals surface area contributed by atoms with E-state index < -0.39 is 61.3 Å². The summed E-state index contributed by atoms with van der Waals surface area (Å²) >= 11 is 0. The molecule has 0 aromatic heterocycles. The minimum absolute atomic E-state index is 0.183. The maximum Gasteiger partial charge on any atom is 0.335 e. The van der Waals surface area contributed by atoms with Gasteiger partial charge in [0.2, 0.25) is 0 Å². The quantitative estimate of drug-likeness (QED) is 0.0272. The molecule has 11 nitrogen and oxygen atoms in total. The minimum Gasteiger partial charge on any atom is -0.479 e. The van der Waals surface area contributed by atoms with Gasteiger partial charge in [0.1, 0.15) is 24.9 Å². The molecule has 6 unspecified atom stereocenters. The van der Waals surface area contributed by atoms with E-state index in [-0.39, 0.29) is 19.4 Å². The molecule has 1 saturated heterocycles. The van der Waals surface area contributed by atoms with E-state index in [4.69, 9.17) is 18.9 Å². The number of unbranched alkanes of at least 4 members (excludes halogenated alkanes) is 21. The number of ether oxygens (including phenoxy) is 4. The normalized spacial score (nSPS) is 20.6. The molecule has 0 aliphatic carbocycles. The zero-order chi connectivity index (χ0) is 40.4. The molecule has 1 fully saturated rings. The van der Waals surface area contributed by atoms with Gasteiger partial charge < -0.3 is 39.4 Å². The number of rotatable bonds is 36. The Morgan fingerprint density at radius 1 is 0.564 bits per heavy atom. The van der Waals surface area contributed by atoms with E-state index in [9.17, 15) is 34.8 Å². The Bertz CT molecular complexity index is 1020. The summed E-state index contributed by atoms with van der Waals surface area (Å²) in [6, 6.07) is 0. The first-order valence-corrected chi connectivity index (χ1v) is 21.9. The van der Waals surface area contributed by atoms with Crippen molar-refractivity contribution in [3.8, 4) is 0 Å². The van der Waals surface area contributed by atoms with E-state index in [0.717, 1.165) is 57.8 Å². The number of esters is 2. The Labute approximate surface area is 332 Å². The lowest BCUT2D eigenvalue weighted by atomic mass is 9.99. The van der Waals surface area contributed by atoms with Crippen LogP contribution in [-0.2, 0) is 33.3 Å². The van der Waals surface area contributed by atoms with Gasteiger partial charge in [0.15, 0.2) is 18.5 Å². The molecule has 0 aromatic carbocycles. The Balaban J connectivity index is 2.39. The van der Waals surface area contributed by atoms with Gasteiger partial charge in [0.25, 0.3) is 0 Å². The van der Waals surface area contributed by atoms with Crippen LogP contribution in [0.1, 0.15) is 187 Å². The third-order valence-corrected chi connectivity index (χ3v) is 10.1. The summed E-state index contributed by atoms with van der Waals surface area (Å²) in [6.07, 6.45) is 28.0. The zero-order valence-electron chi connectivity index (χ0n) is 34.4. The molecule has 1 heterocycles. The summed E-state index contributed by atoms with van der Waals surface area (Å²) in [5.74, 6) is -2.46. The van der Waals surface area contributed by atoms with Crippen molar-refractivity contribution in [2.45, 2.75) is 224 Å². The average molecular weight is 783 g/mol. The number of carbonyl (C=O) groups excluding carboxylic acids is 2. The van der Waals surface area contributed by atoms with Crippen LogP contribution < -0.4 is 0 Å². The molecule has 11 heteroatoms. The van der Waals surface area contributed by atoms with Gasteiger partial charge in [-0.05, 0) is 44.9 Å². The fourth-order valence-electron chi connectivity index (χ4n) is 6.56. The average Bonchev–Trinajstić information content (AvgIpc) is 3.17. The highest BCUT2D eigenvalue weighted by molar-refractivity contribution is 5.73. The van der Waals surface area contributed by atoms with Gasteiger partial charge in [-0.3, -0.25) is 9.59 Å². The number of carboxylic acids is 1.